The van der Waals surface area contributed by atoms with Gasteiger partial charge in [-0.3, -0.25) is 13.9 Å². The smallest absolute Gasteiger partial charge is 0.332 e. The Morgan fingerprint density at radius 1 is 1.00 bits per heavy atom. The molecule has 1 N–H and O–H groups in total. The summed E-state index contributed by atoms with van der Waals surface area (Å²) in [5, 5.41) is 0.812. The molecule has 4 rings (SSSR count). The Kier molecular flexibility index (Phi) is 7.19. The van der Waals surface area contributed by atoms with Gasteiger partial charge in [0.15, 0.2) is 0 Å². The number of ether oxygens (including phenoxy) is 1. The number of benzene rings is 2. The topological polar surface area (TPSA) is 82.7 Å². The van der Waals surface area contributed by atoms with Crippen molar-refractivity contribution < 1.29 is 23.5 Å². The predicted octanol–water partition coefficient (Wildman–Crippen LogP) is 5.25. The summed E-state index contributed by atoms with van der Waals surface area (Å²) < 4.78 is 25.7. The molecule has 7 nitrogen and oxygen atoms in total. The molecule has 0 amide bonds. The molecule has 2 aromatic heterocycles. The molecule has 2 heterocycles. The number of carbonyl (C=O) groups excluding carboxylic acids is 1. The Hall–Kier alpha value is -2.96. The van der Waals surface area contributed by atoms with Gasteiger partial charge in [-0.1, -0.05) is 37.3 Å². The number of methoxy groups -OCH3 is 1. The molecule has 0 radical (unpaired) electrons. The van der Waals surface area contributed by atoms with Crippen molar-refractivity contribution in [3.8, 4) is 11.1 Å². The molecule has 0 fully saturated rings. The van der Waals surface area contributed by atoms with Crippen LogP contribution in [0.2, 0.25) is 0 Å². The highest BCUT2D eigenvalue weighted by Crippen LogP contribution is 2.45. The van der Waals surface area contributed by atoms with Crippen molar-refractivity contribution in [2.24, 2.45) is 7.05 Å². The Balaban J connectivity index is 1.56. The van der Waals surface area contributed by atoms with Gasteiger partial charge in [-0.15, -0.1) is 0 Å². The molecule has 0 spiro atoms. The second kappa shape index (κ2) is 10.1. The number of aryl methyl sites for hydroxylation is 2. The standard InChI is InChI=1S/C26H29N2O5P/c1-4-19-5-8-21(9-6-19)23-16-25(27(2)17-23)26(29)28-12-11-22-15-20(7-10-24(22)28)18-34(30,31)33-14-13-32-3/h5-12,15-17H,4,13-14,18H2,1-3H3,(H,30,31). The molecule has 0 aliphatic rings. The van der Waals surface area contributed by atoms with E-state index in [4.69, 9.17) is 9.26 Å². The molecule has 0 aliphatic carbocycles. The summed E-state index contributed by atoms with van der Waals surface area (Å²) in [4.78, 5) is 23.5. The van der Waals surface area contributed by atoms with Crippen LogP contribution in [0.5, 0.6) is 0 Å². The minimum absolute atomic E-state index is 0.0544. The first-order valence-electron chi connectivity index (χ1n) is 11.2. The number of hydrogen-bond donors (Lipinski definition) is 1. The van der Waals surface area contributed by atoms with Gasteiger partial charge in [0.25, 0.3) is 5.91 Å². The van der Waals surface area contributed by atoms with Crippen LogP contribution in [0.4, 0.5) is 0 Å². The van der Waals surface area contributed by atoms with Gasteiger partial charge >= 0.3 is 7.60 Å². The minimum Gasteiger partial charge on any atom is -0.382 e. The van der Waals surface area contributed by atoms with E-state index in [0.717, 1.165) is 28.5 Å². The third-order valence-electron chi connectivity index (χ3n) is 5.86. The van der Waals surface area contributed by atoms with E-state index >= 15 is 0 Å². The maximum Gasteiger partial charge on any atom is 0.332 e. The van der Waals surface area contributed by atoms with Crippen LogP contribution in [0.1, 0.15) is 28.5 Å². The lowest BCUT2D eigenvalue weighted by Crippen LogP contribution is -2.14. The second-order valence-electron chi connectivity index (χ2n) is 8.28. The van der Waals surface area contributed by atoms with Gasteiger partial charge in [0.05, 0.1) is 24.9 Å². The zero-order valence-corrected chi connectivity index (χ0v) is 20.5. The number of fused-ring (bicyclic) bond motifs is 1. The number of hydrogen-bond acceptors (Lipinski definition) is 4. The van der Waals surface area contributed by atoms with Crippen molar-refractivity contribution in [2.75, 3.05) is 20.3 Å². The van der Waals surface area contributed by atoms with E-state index in [9.17, 15) is 14.3 Å². The van der Waals surface area contributed by atoms with Crippen LogP contribution >= 0.6 is 7.60 Å². The molecule has 0 saturated heterocycles. The average molecular weight is 481 g/mol. The van der Waals surface area contributed by atoms with Crippen LogP contribution in [0, 0.1) is 0 Å². The molecule has 2 aromatic carbocycles. The highest BCUT2D eigenvalue weighted by Gasteiger charge is 2.21. The van der Waals surface area contributed by atoms with Crippen molar-refractivity contribution in [3.05, 3.63) is 83.8 Å². The molecule has 178 valence electrons. The van der Waals surface area contributed by atoms with Crippen molar-refractivity contribution in [1.82, 2.24) is 9.13 Å². The fraction of sp³-hybridized carbons (Fsp3) is 0.269. The van der Waals surface area contributed by atoms with Gasteiger partial charge in [0, 0.05) is 37.5 Å². The third-order valence-corrected chi connectivity index (χ3v) is 7.21. The summed E-state index contributed by atoms with van der Waals surface area (Å²) in [7, 11) is -0.408. The average Bonchev–Trinajstić information content (AvgIpc) is 3.42. The number of rotatable bonds is 9. The summed E-state index contributed by atoms with van der Waals surface area (Å²) in [6.45, 7) is 2.43. The SMILES string of the molecule is CCc1ccc(-c2cc(C(=O)n3ccc4cc(CP(=O)(O)OCCOC)ccc43)n(C)c2)cc1. The first-order chi connectivity index (χ1) is 16.3. The normalized spacial score (nSPS) is 13.3. The van der Waals surface area contributed by atoms with Gasteiger partial charge in [0.1, 0.15) is 5.69 Å². The van der Waals surface area contributed by atoms with E-state index in [1.807, 2.05) is 36.0 Å². The van der Waals surface area contributed by atoms with Crippen LogP contribution in [0.25, 0.3) is 22.0 Å². The van der Waals surface area contributed by atoms with Crippen molar-refractivity contribution in [1.29, 1.82) is 0 Å². The summed E-state index contributed by atoms with van der Waals surface area (Å²) in [5.41, 5.74) is 5.29. The van der Waals surface area contributed by atoms with E-state index in [1.165, 1.54) is 12.7 Å². The predicted molar refractivity (Wildman–Crippen MR) is 133 cm³/mol. The number of nitrogens with zero attached hydrogens (tertiary/aromatic N) is 2. The summed E-state index contributed by atoms with van der Waals surface area (Å²) in [6, 6.07) is 17.5. The zero-order chi connectivity index (χ0) is 24.3. The van der Waals surface area contributed by atoms with Crippen LogP contribution < -0.4 is 0 Å². The third kappa shape index (κ3) is 5.24. The van der Waals surface area contributed by atoms with Crippen LogP contribution in [-0.4, -0.2) is 40.3 Å². The number of carbonyl (C=O) groups is 1. The van der Waals surface area contributed by atoms with E-state index in [-0.39, 0.29) is 25.3 Å². The highest BCUT2D eigenvalue weighted by atomic mass is 31.2. The van der Waals surface area contributed by atoms with Crippen molar-refractivity contribution >= 4 is 24.4 Å². The zero-order valence-electron chi connectivity index (χ0n) is 19.6. The lowest BCUT2D eigenvalue weighted by Gasteiger charge is -2.12. The minimum atomic E-state index is -3.78. The van der Waals surface area contributed by atoms with Gasteiger partial charge in [0.2, 0.25) is 0 Å². The molecule has 0 saturated carbocycles. The van der Waals surface area contributed by atoms with Crippen LogP contribution in [-0.2, 0) is 33.5 Å². The maximum atomic E-state index is 13.4. The molecule has 8 heteroatoms. The molecule has 1 unspecified atom stereocenters. The van der Waals surface area contributed by atoms with Gasteiger partial charge in [-0.2, -0.15) is 0 Å². The monoisotopic (exact) mass is 480 g/mol. The molecule has 4 aromatic rings. The summed E-state index contributed by atoms with van der Waals surface area (Å²) in [5.74, 6) is -0.141. The van der Waals surface area contributed by atoms with Crippen LogP contribution in [0.3, 0.4) is 0 Å². The van der Waals surface area contributed by atoms with E-state index < -0.39 is 7.60 Å². The maximum absolute atomic E-state index is 13.4. The molecule has 34 heavy (non-hydrogen) atoms. The Bertz CT molecular complexity index is 1350. The summed E-state index contributed by atoms with van der Waals surface area (Å²) >= 11 is 0. The van der Waals surface area contributed by atoms with E-state index in [1.54, 1.807) is 22.9 Å². The van der Waals surface area contributed by atoms with Crippen molar-refractivity contribution in [3.63, 3.8) is 0 Å². The second-order valence-corrected chi connectivity index (χ2v) is 10.1. The lowest BCUT2D eigenvalue weighted by atomic mass is 10.1. The molecular formula is C26H29N2O5P. The van der Waals surface area contributed by atoms with E-state index in [2.05, 4.69) is 31.2 Å². The highest BCUT2D eigenvalue weighted by molar-refractivity contribution is 7.51. The first kappa shape index (κ1) is 24.2. The first-order valence-corrected chi connectivity index (χ1v) is 12.9. The molecule has 0 bridgehead atoms. The fourth-order valence-electron chi connectivity index (χ4n) is 4.00. The Morgan fingerprint density at radius 3 is 2.44 bits per heavy atom. The van der Waals surface area contributed by atoms with Crippen LogP contribution in [0.15, 0.2) is 67.0 Å². The lowest BCUT2D eigenvalue weighted by molar-refractivity contribution is 0.0957. The Labute approximate surface area is 199 Å². The van der Waals surface area contributed by atoms with Gasteiger partial charge < -0.3 is 18.7 Å². The molecular weight excluding hydrogens is 451 g/mol. The largest absolute Gasteiger partial charge is 0.382 e. The Morgan fingerprint density at radius 2 is 1.74 bits per heavy atom. The fourth-order valence-corrected chi connectivity index (χ4v) is 5.11. The summed E-state index contributed by atoms with van der Waals surface area (Å²) in [6.07, 6.45) is 4.56. The molecule has 1 atom stereocenters. The van der Waals surface area contributed by atoms with E-state index in [0.29, 0.717) is 11.3 Å². The van der Waals surface area contributed by atoms with Gasteiger partial charge in [-0.25, -0.2) is 0 Å². The molecule has 0 aliphatic heterocycles. The van der Waals surface area contributed by atoms with Gasteiger partial charge in [-0.05, 0) is 47.4 Å². The number of aromatic nitrogens is 2. The quantitative estimate of drug-likeness (QED) is 0.262. The van der Waals surface area contributed by atoms with Crippen molar-refractivity contribution in [2.45, 2.75) is 19.5 Å².